The van der Waals surface area contributed by atoms with Gasteiger partial charge < -0.3 is 19.1 Å². The van der Waals surface area contributed by atoms with Crippen molar-refractivity contribution in [2.75, 3.05) is 21.2 Å². The van der Waals surface area contributed by atoms with Crippen molar-refractivity contribution in [3.05, 3.63) is 21.7 Å². The van der Waals surface area contributed by atoms with Crippen LogP contribution >= 0.6 is 15.9 Å². The highest BCUT2D eigenvalue weighted by Gasteiger charge is 2.47. The summed E-state index contributed by atoms with van der Waals surface area (Å²) in [5.74, 6) is 0.588. The predicted molar refractivity (Wildman–Crippen MR) is 99.3 cm³/mol. The van der Waals surface area contributed by atoms with Gasteiger partial charge in [-0.2, -0.15) is 0 Å². The Balaban J connectivity index is 1.84. The number of halogens is 1. The number of fused-ring (bicyclic) bond motifs is 1. The normalized spacial score (nSPS) is 28.3. The fourth-order valence-electron chi connectivity index (χ4n) is 3.95. The summed E-state index contributed by atoms with van der Waals surface area (Å²) < 4.78 is 18.2. The molecule has 0 aromatic heterocycles. The number of methoxy groups -OCH3 is 1. The van der Waals surface area contributed by atoms with Gasteiger partial charge in [0.15, 0.2) is 11.5 Å². The van der Waals surface area contributed by atoms with Crippen molar-refractivity contribution < 1.29 is 19.0 Å². The molecule has 0 amide bonds. The van der Waals surface area contributed by atoms with Gasteiger partial charge in [-0.15, -0.1) is 0 Å². The van der Waals surface area contributed by atoms with Gasteiger partial charge in [0, 0.05) is 24.4 Å². The van der Waals surface area contributed by atoms with E-state index < -0.39 is 5.79 Å². The van der Waals surface area contributed by atoms with Crippen LogP contribution < -0.4 is 9.47 Å². The van der Waals surface area contributed by atoms with Gasteiger partial charge in [-0.25, -0.2) is 4.79 Å². The molecule has 0 saturated heterocycles. The fraction of sp³-hybridized carbons (Fsp3) is 0.632. The molecule has 1 fully saturated rings. The van der Waals surface area contributed by atoms with Crippen LogP contribution in [0.4, 0.5) is 0 Å². The Morgan fingerprint density at radius 1 is 1.24 bits per heavy atom. The lowest BCUT2D eigenvalue weighted by Crippen LogP contribution is -2.46. The van der Waals surface area contributed by atoms with E-state index in [4.69, 9.17) is 14.2 Å². The van der Waals surface area contributed by atoms with E-state index in [1.165, 1.54) is 7.11 Å². The first kappa shape index (κ1) is 18.5. The smallest absolute Gasteiger partial charge is 0.338 e. The summed E-state index contributed by atoms with van der Waals surface area (Å²) in [5, 5.41) is 0. The van der Waals surface area contributed by atoms with Crippen LogP contribution in [-0.4, -0.2) is 43.9 Å². The monoisotopic (exact) mass is 411 g/mol. The maximum absolute atomic E-state index is 12.0. The van der Waals surface area contributed by atoms with Crippen LogP contribution in [0.15, 0.2) is 10.5 Å². The highest BCUT2D eigenvalue weighted by Crippen LogP contribution is 2.51. The van der Waals surface area contributed by atoms with Gasteiger partial charge in [0.2, 0.25) is 0 Å². The summed E-state index contributed by atoms with van der Waals surface area (Å²) in [6.45, 7) is 3.88. The van der Waals surface area contributed by atoms with E-state index in [0.717, 1.165) is 35.7 Å². The lowest BCUT2D eigenvalue weighted by atomic mass is 9.81. The Morgan fingerprint density at radius 2 is 1.84 bits per heavy atom. The van der Waals surface area contributed by atoms with E-state index in [1.807, 2.05) is 13.8 Å². The third-order valence-corrected chi connectivity index (χ3v) is 6.21. The predicted octanol–water partition coefficient (Wildman–Crippen LogP) is 4.15. The van der Waals surface area contributed by atoms with Gasteiger partial charge in [0.25, 0.3) is 5.79 Å². The van der Waals surface area contributed by atoms with Crippen molar-refractivity contribution in [2.24, 2.45) is 5.92 Å². The molecule has 1 aliphatic carbocycles. The maximum atomic E-state index is 12.0. The van der Waals surface area contributed by atoms with Crippen molar-refractivity contribution >= 4 is 21.9 Å². The van der Waals surface area contributed by atoms with Gasteiger partial charge in [-0.1, -0.05) is 0 Å². The van der Waals surface area contributed by atoms with Gasteiger partial charge >= 0.3 is 5.97 Å². The Hall–Kier alpha value is -1.27. The summed E-state index contributed by atoms with van der Waals surface area (Å²) in [4.78, 5) is 14.3. The summed E-state index contributed by atoms with van der Waals surface area (Å²) in [6.07, 6.45) is 4.41. The molecule has 25 heavy (non-hydrogen) atoms. The lowest BCUT2D eigenvalue weighted by Gasteiger charge is -2.39. The second-order valence-corrected chi connectivity index (χ2v) is 8.22. The number of carbonyl (C=O) groups is 1. The van der Waals surface area contributed by atoms with E-state index in [0.29, 0.717) is 29.0 Å². The van der Waals surface area contributed by atoms with Crippen LogP contribution in [-0.2, 0) is 4.74 Å². The molecule has 6 heteroatoms. The molecule has 3 rings (SSSR count). The first-order valence-electron chi connectivity index (χ1n) is 8.72. The lowest BCUT2D eigenvalue weighted by molar-refractivity contribution is -0.123. The van der Waals surface area contributed by atoms with Crippen LogP contribution in [0, 0.1) is 12.8 Å². The molecule has 2 aliphatic rings. The Morgan fingerprint density at radius 3 is 2.40 bits per heavy atom. The minimum absolute atomic E-state index is 0.323. The zero-order valence-electron chi connectivity index (χ0n) is 15.5. The van der Waals surface area contributed by atoms with Gasteiger partial charge in [0.05, 0.1) is 17.1 Å². The van der Waals surface area contributed by atoms with Crippen LogP contribution in [0.1, 0.15) is 48.5 Å². The van der Waals surface area contributed by atoms with E-state index in [1.54, 1.807) is 6.07 Å². The number of nitrogens with zero attached hydrogens (tertiary/aromatic N) is 1. The summed E-state index contributed by atoms with van der Waals surface area (Å²) >= 11 is 3.51. The fourth-order valence-corrected chi connectivity index (χ4v) is 4.44. The first-order chi connectivity index (χ1) is 11.8. The molecule has 1 saturated carbocycles. The maximum Gasteiger partial charge on any atom is 0.338 e. The Bertz CT molecular complexity index is 682. The molecular weight excluding hydrogens is 386 g/mol. The van der Waals surface area contributed by atoms with Gasteiger partial charge in [-0.05, 0) is 68.7 Å². The van der Waals surface area contributed by atoms with Crippen molar-refractivity contribution in [2.45, 2.75) is 51.4 Å². The third kappa shape index (κ3) is 3.26. The van der Waals surface area contributed by atoms with Crippen LogP contribution in [0.25, 0.3) is 0 Å². The molecular formula is C19H26BrNO4. The summed E-state index contributed by atoms with van der Waals surface area (Å²) in [7, 11) is 5.66. The average Bonchev–Trinajstić information content (AvgIpc) is 2.97. The number of rotatable bonds is 3. The zero-order valence-corrected chi connectivity index (χ0v) is 17.1. The molecule has 1 unspecified atom stereocenters. The minimum atomic E-state index is -0.693. The number of esters is 1. The minimum Gasteiger partial charge on any atom is -0.465 e. The van der Waals surface area contributed by atoms with Crippen LogP contribution in [0.3, 0.4) is 0 Å². The van der Waals surface area contributed by atoms with Crippen LogP contribution in [0.5, 0.6) is 11.5 Å². The Kier molecular flexibility index (Phi) is 5.04. The standard InChI is InChI=1S/C19H26BrNO4/c1-11-14(18(22)23-5)10-15(20)17-16(11)24-19(2,25-17)12-6-8-13(9-7-12)21(3)4/h10,12-13H,6-9H2,1-5H3. The molecule has 0 radical (unpaired) electrons. The van der Waals surface area contributed by atoms with Crippen molar-refractivity contribution in [1.29, 1.82) is 0 Å². The number of ether oxygens (including phenoxy) is 3. The molecule has 1 aliphatic heterocycles. The highest BCUT2D eigenvalue weighted by molar-refractivity contribution is 9.10. The van der Waals surface area contributed by atoms with Crippen molar-refractivity contribution in [3.8, 4) is 11.5 Å². The van der Waals surface area contributed by atoms with Crippen LogP contribution in [0.2, 0.25) is 0 Å². The number of hydrogen-bond donors (Lipinski definition) is 0. The molecule has 0 bridgehead atoms. The van der Waals surface area contributed by atoms with E-state index in [2.05, 4.69) is 34.9 Å². The van der Waals surface area contributed by atoms with Gasteiger partial charge in [0.1, 0.15) is 0 Å². The number of carbonyl (C=O) groups excluding carboxylic acids is 1. The van der Waals surface area contributed by atoms with E-state index >= 15 is 0 Å². The highest BCUT2D eigenvalue weighted by atomic mass is 79.9. The molecule has 1 aromatic rings. The van der Waals surface area contributed by atoms with Gasteiger partial charge in [-0.3, -0.25) is 0 Å². The molecule has 5 nitrogen and oxygen atoms in total. The van der Waals surface area contributed by atoms with Crippen molar-refractivity contribution in [3.63, 3.8) is 0 Å². The number of benzene rings is 1. The number of hydrogen-bond acceptors (Lipinski definition) is 5. The second kappa shape index (κ2) is 6.80. The van der Waals surface area contributed by atoms with E-state index in [-0.39, 0.29) is 5.97 Å². The molecule has 0 spiro atoms. The Labute approximate surface area is 157 Å². The second-order valence-electron chi connectivity index (χ2n) is 7.37. The molecule has 138 valence electrons. The van der Waals surface area contributed by atoms with E-state index in [9.17, 15) is 4.79 Å². The SMILES string of the molecule is COC(=O)c1cc(Br)c2c(c1C)OC(C)(C1CCC(N(C)C)CC1)O2. The zero-order chi connectivity index (χ0) is 18.4. The first-order valence-corrected chi connectivity index (χ1v) is 9.52. The molecule has 1 heterocycles. The summed E-state index contributed by atoms with van der Waals surface area (Å²) in [6, 6.07) is 2.38. The quantitative estimate of drug-likeness (QED) is 0.698. The molecule has 0 N–H and O–H groups in total. The third-order valence-electron chi connectivity index (χ3n) is 5.62. The topological polar surface area (TPSA) is 48.0 Å². The van der Waals surface area contributed by atoms with Crippen molar-refractivity contribution in [1.82, 2.24) is 4.90 Å². The molecule has 1 atom stereocenters. The summed E-state index contributed by atoms with van der Waals surface area (Å²) in [5.41, 5.74) is 1.26. The average molecular weight is 412 g/mol. The molecule has 1 aromatic carbocycles. The largest absolute Gasteiger partial charge is 0.465 e.